The first-order chi connectivity index (χ1) is 7.46. The van der Waals surface area contributed by atoms with Crippen LogP contribution >= 0.6 is 11.6 Å². The summed E-state index contributed by atoms with van der Waals surface area (Å²) in [6.07, 6.45) is 0.925. The lowest BCUT2D eigenvalue weighted by Gasteiger charge is -2.18. The highest BCUT2D eigenvalue weighted by Crippen LogP contribution is 2.22. The minimum Gasteiger partial charge on any atom is -0.382 e. The molecule has 92 valence electrons. The number of hydrogen-bond acceptors (Lipinski definition) is 3. The molecule has 0 aliphatic heterocycles. The van der Waals surface area contributed by atoms with Crippen LogP contribution in [-0.2, 0) is 16.7 Å². The zero-order chi connectivity index (χ0) is 12.2. The molecule has 0 saturated heterocycles. The minimum absolute atomic E-state index is 0.0360. The molecular weight excluding hydrogens is 226 g/mol. The first-order valence-corrected chi connectivity index (χ1v) is 6.01. The highest BCUT2D eigenvalue weighted by Gasteiger charge is 2.22. The highest BCUT2D eigenvalue weighted by molar-refractivity contribution is 6.28. The molecular formula is C11H20ClN3O. The van der Waals surface area contributed by atoms with Gasteiger partial charge in [0.05, 0.1) is 0 Å². The van der Waals surface area contributed by atoms with Crippen molar-refractivity contribution in [3.05, 3.63) is 11.1 Å². The van der Waals surface area contributed by atoms with E-state index in [1.807, 2.05) is 11.5 Å². The van der Waals surface area contributed by atoms with Crippen molar-refractivity contribution >= 4 is 11.6 Å². The minimum atomic E-state index is -0.0360. The van der Waals surface area contributed by atoms with Crippen molar-refractivity contribution in [1.29, 1.82) is 0 Å². The number of ether oxygens (including phenoxy) is 1. The maximum absolute atomic E-state index is 6.01. The maximum atomic E-state index is 6.01. The van der Waals surface area contributed by atoms with E-state index in [1.54, 1.807) is 0 Å². The molecule has 0 amide bonds. The lowest BCUT2D eigenvalue weighted by Crippen LogP contribution is -2.19. The van der Waals surface area contributed by atoms with Gasteiger partial charge in [-0.2, -0.15) is 0 Å². The van der Waals surface area contributed by atoms with Gasteiger partial charge in [-0.3, -0.25) is 0 Å². The molecule has 1 aromatic rings. The Morgan fingerprint density at radius 2 is 2.00 bits per heavy atom. The van der Waals surface area contributed by atoms with Gasteiger partial charge in [-0.15, -0.1) is 10.2 Å². The Hall–Kier alpha value is -0.610. The van der Waals surface area contributed by atoms with Crippen LogP contribution in [0.1, 0.15) is 39.9 Å². The Balaban J connectivity index is 2.67. The molecule has 4 nitrogen and oxygen atoms in total. The highest BCUT2D eigenvalue weighted by atomic mass is 35.5. The second-order valence-corrected chi connectivity index (χ2v) is 5.08. The summed E-state index contributed by atoms with van der Waals surface area (Å²) in [6.45, 7) is 10.6. The predicted molar refractivity (Wildman–Crippen MR) is 64.8 cm³/mol. The van der Waals surface area contributed by atoms with Crippen LogP contribution in [0.15, 0.2) is 0 Å². The third kappa shape index (κ3) is 3.46. The third-order valence-electron chi connectivity index (χ3n) is 2.25. The summed E-state index contributed by atoms with van der Waals surface area (Å²) in [5.74, 6) is 0.925. The molecule has 0 bridgehead atoms. The summed E-state index contributed by atoms with van der Waals surface area (Å²) in [7, 11) is 0. The molecule has 0 spiro atoms. The smallest absolute Gasteiger partial charge is 0.225 e. The van der Waals surface area contributed by atoms with Gasteiger partial charge in [0.1, 0.15) is 5.82 Å². The van der Waals surface area contributed by atoms with E-state index in [-0.39, 0.29) is 5.41 Å². The van der Waals surface area contributed by atoms with Crippen LogP contribution < -0.4 is 0 Å². The molecule has 1 aromatic heterocycles. The molecule has 1 rings (SSSR count). The summed E-state index contributed by atoms with van der Waals surface area (Å²) in [4.78, 5) is 0. The fourth-order valence-electron chi connectivity index (χ4n) is 1.51. The van der Waals surface area contributed by atoms with Crippen LogP contribution in [0, 0.1) is 0 Å². The average molecular weight is 246 g/mol. The van der Waals surface area contributed by atoms with Gasteiger partial charge in [0.25, 0.3) is 0 Å². The fraction of sp³-hybridized carbons (Fsp3) is 0.818. The molecule has 1 heterocycles. The molecule has 0 aromatic carbocycles. The standard InChI is InChI=1S/C11H20ClN3O/c1-5-16-8-6-7-15-9(11(2,3)4)13-14-10(15)12/h5-8H2,1-4H3. The molecule has 0 radical (unpaired) electrons. The Morgan fingerprint density at radius 1 is 1.31 bits per heavy atom. The molecule has 0 fully saturated rings. The Labute approximate surface area is 102 Å². The Morgan fingerprint density at radius 3 is 2.56 bits per heavy atom. The van der Waals surface area contributed by atoms with Crippen molar-refractivity contribution in [2.75, 3.05) is 13.2 Å². The van der Waals surface area contributed by atoms with E-state index in [4.69, 9.17) is 16.3 Å². The van der Waals surface area contributed by atoms with Crippen LogP contribution in [-0.4, -0.2) is 28.0 Å². The number of halogens is 1. The van der Waals surface area contributed by atoms with Crippen molar-refractivity contribution in [2.45, 2.75) is 46.1 Å². The lowest BCUT2D eigenvalue weighted by atomic mass is 9.96. The largest absolute Gasteiger partial charge is 0.382 e. The van der Waals surface area contributed by atoms with Crippen LogP contribution in [0.3, 0.4) is 0 Å². The van der Waals surface area contributed by atoms with Crippen molar-refractivity contribution in [2.24, 2.45) is 0 Å². The van der Waals surface area contributed by atoms with E-state index < -0.39 is 0 Å². The van der Waals surface area contributed by atoms with Gasteiger partial charge in [0, 0.05) is 25.2 Å². The molecule has 0 saturated carbocycles. The zero-order valence-electron chi connectivity index (χ0n) is 10.5. The normalized spacial score (nSPS) is 12.1. The van der Waals surface area contributed by atoms with E-state index in [1.165, 1.54) is 0 Å². The van der Waals surface area contributed by atoms with Gasteiger partial charge in [-0.1, -0.05) is 20.8 Å². The van der Waals surface area contributed by atoms with Crippen molar-refractivity contribution in [1.82, 2.24) is 14.8 Å². The summed E-state index contributed by atoms with van der Waals surface area (Å²) >= 11 is 6.01. The summed E-state index contributed by atoms with van der Waals surface area (Å²) in [5, 5.41) is 8.51. The van der Waals surface area contributed by atoms with Gasteiger partial charge >= 0.3 is 0 Å². The van der Waals surface area contributed by atoms with Crippen molar-refractivity contribution in [3.63, 3.8) is 0 Å². The molecule has 0 unspecified atom stereocenters. The van der Waals surface area contributed by atoms with E-state index in [0.29, 0.717) is 5.28 Å². The number of rotatable bonds is 5. The molecule has 0 aliphatic rings. The Bertz CT molecular complexity index is 330. The SMILES string of the molecule is CCOCCCn1c(Cl)nnc1C(C)(C)C. The first-order valence-electron chi connectivity index (χ1n) is 5.63. The maximum Gasteiger partial charge on any atom is 0.225 e. The van der Waals surface area contributed by atoms with E-state index >= 15 is 0 Å². The summed E-state index contributed by atoms with van der Waals surface area (Å²) < 4.78 is 7.26. The first kappa shape index (κ1) is 13.5. The van der Waals surface area contributed by atoms with Crippen molar-refractivity contribution in [3.8, 4) is 0 Å². The van der Waals surface area contributed by atoms with Crippen LogP contribution in [0.2, 0.25) is 5.28 Å². The van der Waals surface area contributed by atoms with Gasteiger partial charge < -0.3 is 9.30 Å². The van der Waals surface area contributed by atoms with Gasteiger partial charge in [0.2, 0.25) is 5.28 Å². The van der Waals surface area contributed by atoms with E-state index in [9.17, 15) is 0 Å². The van der Waals surface area contributed by atoms with Gasteiger partial charge in [-0.25, -0.2) is 0 Å². The van der Waals surface area contributed by atoms with Crippen molar-refractivity contribution < 1.29 is 4.74 Å². The van der Waals surface area contributed by atoms with Gasteiger partial charge in [0.15, 0.2) is 0 Å². The van der Waals surface area contributed by atoms with E-state index in [2.05, 4.69) is 31.0 Å². The summed E-state index contributed by atoms with van der Waals surface area (Å²) in [5.41, 5.74) is -0.0360. The van der Waals surface area contributed by atoms with Crippen LogP contribution in [0.5, 0.6) is 0 Å². The molecule has 0 N–H and O–H groups in total. The van der Waals surface area contributed by atoms with Crippen LogP contribution in [0.25, 0.3) is 0 Å². The van der Waals surface area contributed by atoms with E-state index in [0.717, 1.165) is 32.0 Å². The number of hydrogen-bond donors (Lipinski definition) is 0. The zero-order valence-corrected chi connectivity index (χ0v) is 11.2. The second kappa shape index (κ2) is 5.64. The predicted octanol–water partition coefficient (Wildman–Crippen LogP) is 2.66. The molecule has 0 atom stereocenters. The molecule has 5 heteroatoms. The van der Waals surface area contributed by atoms with Gasteiger partial charge in [-0.05, 0) is 24.9 Å². The topological polar surface area (TPSA) is 39.9 Å². The molecule has 16 heavy (non-hydrogen) atoms. The quantitative estimate of drug-likeness (QED) is 0.749. The monoisotopic (exact) mass is 245 g/mol. The third-order valence-corrected chi connectivity index (χ3v) is 2.53. The molecule has 0 aliphatic carbocycles. The average Bonchev–Trinajstić information content (AvgIpc) is 2.54. The Kier molecular flexibility index (Phi) is 4.74. The van der Waals surface area contributed by atoms with Crippen LogP contribution in [0.4, 0.5) is 0 Å². The fourth-order valence-corrected chi connectivity index (χ4v) is 1.71. The summed E-state index contributed by atoms with van der Waals surface area (Å²) in [6, 6.07) is 0. The lowest BCUT2D eigenvalue weighted by molar-refractivity contribution is 0.141. The number of aromatic nitrogens is 3. The number of nitrogens with zero attached hydrogens (tertiary/aromatic N) is 3. The second-order valence-electron chi connectivity index (χ2n) is 4.74.